The molecule has 33 heavy (non-hydrogen) atoms. The standard InChI is InChI=1S/C28H48N2O3/c1-7-18-9-11-22-21-10-8-19-16-20(30-24(31)17-29-25(32)33-26(2,3)4)12-14-28(19,6)23(21)13-15-27(18,22)5/h18-23H,7-17H2,1-6H3,(H,29,32)(H,30,31)/t18-,19?,20+,21?,22?,23?,27+,28-/m0/s1. The third-order valence-electron chi connectivity index (χ3n) is 10.5. The van der Waals surface area contributed by atoms with E-state index in [2.05, 4.69) is 31.4 Å². The Morgan fingerprint density at radius 2 is 1.64 bits per heavy atom. The SMILES string of the molecule is CC[C@H]1CCC2C3CCC4C[C@H](NC(=O)CNC(=O)OC(C)(C)C)CC[C@]4(C)C3CC[C@@]21C. The predicted octanol–water partition coefficient (Wildman–Crippen LogP) is 6.06. The molecule has 5 heteroatoms. The number of alkyl carbamates (subject to hydrolysis) is 1. The van der Waals surface area contributed by atoms with Crippen molar-refractivity contribution in [3.63, 3.8) is 0 Å². The number of carbonyl (C=O) groups is 2. The van der Waals surface area contributed by atoms with Gasteiger partial charge >= 0.3 is 6.09 Å². The van der Waals surface area contributed by atoms with Gasteiger partial charge in [0.15, 0.2) is 0 Å². The van der Waals surface area contributed by atoms with E-state index in [0.29, 0.717) is 16.7 Å². The summed E-state index contributed by atoms with van der Waals surface area (Å²) in [5.74, 6) is 4.28. The van der Waals surface area contributed by atoms with Crippen molar-refractivity contribution < 1.29 is 14.3 Å². The molecule has 0 aliphatic heterocycles. The molecule has 188 valence electrons. The van der Waals surface area contributed by atoms with Gasteiger partial charge in [-0.2, -0.15) is 0 Å². The second-order valence-electron chi connectivity index (χ2n) is 13.3. The van der Waals surface area contributed by atoms with Crippen LogP contribution in [0.2, 0.25) is 0 Å². The van der Waals surface area contributed by atoms with Crippen molar-refractivity contribution in [1.29, 1.82) is 0 Å². The highest BCUT2D eigenvalue weighted by atomic mass is 16.6. The largest absolute Gasteiger partial charge is 0.444 e. The number of amides is 2. The number of fused-ring (bicyclic) bond motifs is 5. The fourth-order valence-corrected chi connectivity index (χ4v) is 8.91. The predicted molar refractivity (Wildman–Crippen MR) is 132 cm³/mol. The Kier molecular flexibility index (Phi) is 6.83. The van der Waals surface area contributed by atoms with E-state index in [1.165, 1.54) is 51.4 Å². The molecule has 5 nitrogen and oxygen atoms in total. The molecule has 0 heterocycles. The fraction of sp³-hybridized carbons (Fsp3) is 0.929. The summed E-state index contributed by atoms with van der Waals surface area (Å²) in [6.45, 7) is 13.1. The van der Waals surface area contributed by atoms with E-state index in [1.807, 2.05) is 20.8 Å². The van der Waals surface area contributed by atoms with Crippen molar-refractivity contribution in [1.82, 2.24) is 10.6 Å². The molecular formula is C28H48N2O3. The summed E-state index contributed by atoms with van der Waals surface area (Å²) in [5, 5.41) is 5.80. The van der Waals surface area contributed by atoms with Crippen LogP contribution >= 0.6 is 0 Å². The minimum absolute atomic E-state index is 0.0170. The van der Waals surface area contributed by atoms with Crippen molar-refractivity contribution in [2.45, 2.75) is 117 Å². The fourth-order valence-electron chi connectivity index (χ4n) is 8.91. The summed E-state index contributed by atoms with van der Waals surface area (Å²) < 4.78 is 5.23. The summed E-state index contributed by atoms with van der Waals surface area (Å²) in [5.41, 5.74) is 0.468. The molecule has 0 bridgehead atoms. The first-order valence-electron chi connectivity index (χ1n) is 13.7. The molecule has 0 aromatic rings. The normalized spacial score (nSPS) is 42.5. The lowest BCUT2D eigenvalue weighted by Gasteiger charge is -2.61. The Labute approximate surface area is 201 Å². The van der Waals surface area contributed by atoms with E-state index in [0.717, 1.165) is 36.5 Å². The first kappa shape index (κ1) is 24.9. The average Bonchev–Trinajstić information content (AvgIpc) is 3.07. The lowest BCUT2D eigenvalue weighted by Crippen LogP contribution is -2.55. The van der Waals surface area contributed by atoms with Gasteiger partial charge in [-0.3, -0.25) is 4.79 Å². The number of nitrogens with one attached hydrogen (secondary N) is 2. The van der Waals surface area contributed by atoms with Gasteiger partial charge < -0.3 is 15.4 Å². The third-order valence-corrected chi connectivity index (χ3v) is 10.5. The highest BCUT2D eigenvalue weighted by molar-refractivity contribution is 5.82. The van der Waals surface area contributed by atoms with Gasteiger partial charge in [0.2, 0.25) is 5.91 Å². The van der Waals surface area contributed by atoms with Crippen LogP contribution in [0, 0.1) is 40.4 Å². The Bertz CT molecular complexity index is 746. The van der Waals surface area contributed by atoms with Crippen LogP contribution in [0.25, 0.3) is 0 Å². The van der Waals surface area contributed by atoms with Crippen LogP contribution in [0.4, 0.5) is 4.79 Å². The Morgan fingerprint density at radius 1 is 0.939 bits per heavy atom. The molecule has 0 aromatic heterocycles. The monoisotopic (exact) mass is 460 g/mol. The topological polar surface area (TPSA) is 67.4 Å². The first-order chi connectivity index (χ1) is 15.5. The van der Waals surface area contributed by atoms with Crippen LogP contribution in [0.5, 0.6) is 0 Å². The van der Waals surface area contributed by atoms with Crippen LogP contribution in [0.15, 0.2) is 0 Å². The molecule has 0 spiro atoms. The number of hydrogen-bond acceptors (Lipinski definition) is 3. The highest BCUT2D eigenvalue weighted by Gasteiger charge is 2.59. The van der Waals surface area contributed by atoms with E-state index in [4.69, 9.17) is 4.74 Å². The lowest BCUT2D eigenvalue weighted by molar-refractivity contribution is -0.126. The van der Waals surface area contributed by atoms with E-state index >= 15 is 0 Å². The molecule has 4 fully saturated rings. The second-order valence-corrected chi connectivity index (χ2v) is 13.3. The van der Waals surface area contributed by atoms with Crippen molar-refractivity contribution in [3.05, 3.63) is 0 Å². The smallest absolute Gasteiger partial charge is 0.408 e. The molecule has 2 N–H and O–H groups in total. The molecule has 0 aromatic carbocycles. The van der Waals surface area contributed by atoms with Crippen molar-refractivity contribution in [2.24, 2.45) is 40.4 Å². The van der Waals surface area contributed by atoms with Gasteiger partial charge in [0.05, 0.1) is 0 Å². The maximum atomic E-state index is 12.5. The maximum Gasteiger partial charge on any atom is 0.408 e. The van der Waals surface area contributed by atoms with Crippen molar-refractivity contribution >= 4 is 12.0 Å². The Hall–Kier alpha value is -1.26. The average molecular weight is 461 g/mol. The maximum absolute atomic E-state index is 12.5. The number of rotatable bonds is 4. The number of ether oxygens (including phenoxy) is 1. The first-order valence-corrected chi connectivity index (χ1v) is 13.7. The molecular weight excluding hydrogens is 412 g/mol. The molecule has 8 atom stereocenters. The van der Waals surface area contributed by atoms with Crippen LogP contribution < -0.4 is 10.6 Å². The zero-order valence-corrected chi connectivity index (χ0v) is 22.0. The summed E-state index contributed by atoms with van der Waals surface area (Å²) in [7, 11) is 0. The van der Waals surface area contributed by atoms with Crippen LogP contribution in [-0.2, 0) is 9.53 Å². The second kappa shape index (κ2) is 9.07. The zero-order chi connectivity index (χ0) is 24.0. The number of hydrogen-bond donors (Lipinski definition) is 2. The molecule has 0 saturated heterocycles. The zero-order valence-electron chi connectivity index (χ0n) is 22.0. The molecule has 4 aliphatic carbocycles. The van der Waals surface area contributed by atoms with Gasteiger partial charge in [0.1, 0.15) is 12.1 Å². The van der Waals surface area contributed by atoms with Gasteiger partial charge in [-0.1, -0.05) is 27.2 Å². The third kappa shape index (κ3) is 4.80. The van der Waals surface area contributed by atoms with Gasteiger partial charge in [-0.15, -0.1) is 0 Å². The van der Waals surface area contributed by atoms with E-state index in [1.54, 1.807) is 0 Å². The molecule has 4 aliphatic rings. The van der Waals surface area contributed by atoms with Gasteiger partial charge in [0, 0.05) is 6.04 Å². The Morgan fingerprint density at radius 3 is 2.33 bits per heavy atom. The molecule has 4 unspecified atom stereocenters. The highest BCUT2D eigenvalue weighted by Crippen LogP contribution is 2.67. The van der Waals surface area contributed by atoms with Crippen molar-refractivity contribution in [3.8, 4) is 0 Å². The van der Waals surface area contributed by atoms with Crippen molar-refractivity contribution in [2.75, 3.05) is 6.54 Å². The number of carbonyl (C=O) groups excluding carboxylic acids is 2. The lowest BCUT2D eigenvalue weighted by atomic mass is 9.44. The van der Waals surface area contributed by atoms with E-state index in [9.17, 15) is 9.59 Å². The Balaban J connectivity index is 1.32. The van der Waals surface area contributed by atoms with Gasteiger partial charge in [-0.25, -0.2) is 4.79 Å². The summed E-state index contributed by atoms with van der Waals surface area (Å²) in [4.78, 5) is 24.3. The van der Waals surface area contributed by atoms with Gasteiger partial charge in [-0.05, 0) is 119 Å². The minimum Gasteiger partial charge on any atom is -0.444 e. The molecule has 4 saturated carbocycles. The van der Waals surface area contributed by atoms with Gasteiger partial charge in [0.25, 0.3) is 0 Å². The summed E-state index contributed by atoms with van der Waals surface area (Å²) >= 11 is 0. The van der Waals surface area contributed by atoms with E-state index in [-0.39, 0.29) is 18.5 Å². The van der Waals surface area contributed by atoms with Crippen LogP contribution in [-0.4, -0.2) is 30.2 Å². The minimum atomic E-state index is -0.556. The molecule has 0 radical (unpaired) electrons. The summed E-state index contributed by atoms with van der Waals surface area (Å²) in [6, 6.07) is 0.234. The quantitative estimate of drug-likeness (QED) is 0.535. The van der Waals surface area contributed by atoms with E-state index < -0.39 is 11.7 Å². The molecule has 2 amide bonds. The van der Waals surface area contributed by atoms with Crippen LogP contribution in [0.3, 0.4) is 0 Å². The summed E-state index contributed by atoms with van der Waals surface area (Å²) in [6.07, 6.45) is 12.7. The molecule has 4 rings (SSSR count). The van der Waals surface area contributed by atoms with Crippen LogP contribution in [0.1, 0.15) is 106 Å².